The van der Waals surface area contributed by atoms with Crippen LogP contribution in [0.4, 0.5) is 0 Å². The zero-order valence-electron chi connectivity index (χ0n) is 12.9. The van der Waals surface area contributed by atoms with Crippen molar-refractivity contribution in [2.45, 2.75) is 32.9 Å². The second kappa shape index (κ2) is 5.77. The fraction of sp³-hybridized carbons (Fsp3) is 0.294. The lowest BCUT2D eigenvalue weighted by Crippen LogP contribution is -2.18. The quantitative estimate of drug-likeness (QED) is 0.748. The van der Waals surface area contributed by atoms with Crippen LogP contribution in [0.25, 0.3) is 11.0 Å². The first kappa shape index (κ1) is 14.5. The standard InChI is InChI=1S/C17H19N3O2/c1-11(2)10-16(17(21)13-8-9-22-12(13)3)20-15-7-5-4-6-14(15)18-19-20/h4-10,16-17,21H,1-3H3. The molecule has 0 saturated carbocycles. The Balaban J connectivity index is 2.11. The molecule has 0 bridgehead atoms. The second-order valence-corrected chi connectivity index (χ2v) is 5.63. The van der Waals surface area contributed by atoms with Crippen molar-refractivity contribution in [3.05, 3.63) is 59.6 Å². The number of aliphatic hydroxyl groups excluding tert-OH is 1. The minimum atomic E-state index is -0.751. The summed E-state index contributed by atoms with van der Waals surface area (Å²) < 4.78 is 7.08. The molecular weight excluding hydrogens is 278 g/mol. The van der Waals surface area contributed by atoms with Crippen molar-refractivity contribution in [2.75, 3.05) is 0 Å². The van der Waals surface area contributed by atoms with Crippen LogP contribution in [0.3, 0.4) is 0 Å². The van der Waals surface area contributed by atoms with E-state index in [1.807, 2.05) is 51.1 Å². The molecule has 0 amide bonds. The van der Waals surface area contributed by atoms with Crippen LogP contribution in [-0.2, 0) is 0 Å². The normalized spacial score (nSPS) is 14.0. The summed E-state index contributed by atoms with van der Waals surface area (Å²) in [6.45, 7) is 5.85. The van der Waals surface area contributed by atoms with E-state index < -0.39 is 6.10 Å². The first-order valence-electron chi connectivity index (χ1n) is 7.25. The van der Waals surface area contributed by atoms with Crippen molar-refractivity contribution in [3.63, 3.8) is 0 Å². The number of benzene rings is 1. The predicted octanol–water partition coefficient (Wildman–Crippen LogP) is 3.57. The Hall–Kier alpha value is -2.40. The van der Waals surface area contributed by atoms with Crippen molar-refractivity contribution < 1.29 is 9.52 Å². The molecule has 1 aromatic carbocycles. The third-order valence-corrected chi connectivity index (χ3v) is 3.70. The van der Waals surface area contributed by atoms with Gasteiger partial charge in [-0.25, -0.2) is 4.68 Å². The number of aryl methyl sites for hydroxylation is 1. The molecule has 0 aliphatic rings. The average molecular weight is 297 g/mol. The topological polar surface area (TPSA) is 64.1 Å². The summed E-state index contributed by atoms with van der Waals surface area (Å²) in [4.78, 5) is 0. The van der Waals surface area contributed by atoms with Gasteiger partial charge < -0.3 is 9.52 Å². The Bertz CT molecular complexity index is 812. The molecule has 0 spiro atoms. The number of hydrogen-bond acceptors (Lipinski definition) is 4. The Kier molecular flexibility index (Phi) is 3.81. The van der Waals surface area contributed by atoms with Gasteiger partial charge in [0.05, 0.1) is 11.8 Å². The van der Waals surface area contributed by atoms with Crippen LogP contribution < -0.4 is 0 Å². The Morgan fingerprint density at radius 1 is 1.27 bits per heavy atom. The highest BCUT2D eigenvalue weighted by molar-refractivity contribution is 5.74. The Morgan fingerprint density at radius 2 is 2.05 bits per heavy atom. The molecule has 0 aliphatic carbocycles. The van der Waals surface area contributed by atoms with Crippen LogP contribution >= 0.6 is 0 Å². The van der Waals surface area contributed by atoms with E-state index in [-0.39, 0.29) is 6.04 Å². The van der Waals surface area contributed by atoms with Crippen LogP contribution in [0.1, 0.15) is 37.3 Å². The molecule has 0 radical (unpaired) electrons. The maximum atomic E-state index is 10.8. The summed E-state index contributed by atoms with van der Waals surface area (Å²) in [6, 6.07) is 9.19. The van der Waals surface area contributed by atoms with Gasteiger partial charge in [-0.15, -0.1) is 5.10 Å². The number of allylic oxidation sites excluding steroid dienone is 1. The van der Waals surface area contributed by atoms with Gasteiger partial charge in [0, 0.05) is 5.56 Å². The fourth-order valence-corrected chi connectivity index (χ4v) is 2.63. The zero-order chi connectivity index (χ0) is 15.7. The first-order valence-corrected chi connectivity index (χ1v) is 7.25. The first-order chi connectivity index (χ1) is 10.6. The van der Waals surface area contributed by atoms with Gasteiger partial charge in [0.1, 0.15) is 23.4 Å². The second-order valence-electron chi connectivity index (χ2n) is 5.63. The van der Waals surface area contributed by atoms with Crippen molar-refractivity contribution in [1.82, 2.24) is 15.0 Å². The summed E-state index contributed by atoms with van der Waals surface area (Å²) in [5.41, 5.74) is 3.57. The minimum absolute atomic E-state index is 0.339. The van der Waals surface area contributed by atoms with E-state index in [0.717, 1.165) is 22.2 Å². The lowest BCUT2D eigenvalue weighted by molar-refractivity contribution is 0.128. The molecule has 2 atom stereocenters. The molecule has 5 nitrogen and oxygen atoms in total. The number of para-hydroxylation sites is 1. The molecule has 0 aliphatic heterocycles. The smallest absolute Gasteiger partial charge is 0.113 e. The van der Waals surface area contributed by atoms with E-state index in [4.69, 9.17) is 4.42 Å². The summed E-state index contributed by atoms with van der Waals surface area (Å²) in [5, 5.41) is 19.3. The van der Waals surface area contributed by atoms with E-state index in [9.17, 15) is 5.11 Å². The van der Waals surface area contributed by atoms with Gasteiger partial charge in [-0.05, 0) is 39.0 Å². The van der Waals surface area contributed by atoms with E-state index >= 15 is 0 Å². The summed E-state index contributed by atoms with van der Waals surface area (Å²) in [6.07, 6.45) is 2.84. The fourth-order valence-electron chi connectivity index (χ4n) is 2.63. The third kappa shape index (κ3) is 2.55. The molecule has 22 heavy (non-hydrogen) atoms. The molecule has 2 aromatic heterocycles. The lowest BCUT2D eigenvalue weighted by atomic mass is 10.0. The summed E-state index contributed by atoms with van der Waals surface area (Å²) >= 11 is 0. The average Bonchev–Trinajstić information content (AvgIpc) is 3.10. The highest BCUT2D eigenvalue weighted by Gasteiger charge is 2.25. The van der Waals surface area contributed by atoms with Crippen LogP contribution in [0, 0.1) is 6.92 Å². The molecule has 0 fully saturated rings. The highest BCUT2D eigenvalue weighted by atomic mass is 16.3. The van der Waals surface area contributed by atoms with Gasteiger partial charge in [-0.2, -0.15) is 0 Å². The van der Waals surface area contributed by atoms with Gasteiger partial charge in [-0.1, -0.05) is 29.0 Å². The van der Waals surface area contributed by atoms with Crippen LogP contribution in [0.15, 0.2) is 52.7 Å². The van der Waals surface area contributed by atoms with Crippen LogP contribution in [0.2, 0.25) is 0 Å². The number of aliphatic hydroxyl groups is 1. The van der Waals surface area contributed by atoms with E-state index in [1.54, 1.807) is 17.0 Å². The molecule has 0 saturated heterocycles. The maximum Gasteiger partial charge on any atom is 0.113 e. The largest absolute Gasteiger partial charge is 0.469 e. The molecular formula is C17H19N3O2. The predicted molar refractivity (Wildman–Crippen MR) is 84.4 cm³/mol. The number of furan rings is 1. The van der Waals surface area contributed by atoms with Crippen molar-refractivity contribution >= 4 is 11.0 Å². The molecule has 3 rings (SSSR count). The van der Waals surface area contributed by atoms with E-state index in [2.05, 4.69) is 10.3 Å². The number of fused-ring (bicyclic) bond motifs is 1. The van der Waals surface area contributed by atoms with Gasteiger partial charge in [0.25, 0.3) is 0 Å². The molecule has 3 aromatic rings. The maximum absolute atomic E-state index is 10.8. The highest BCUT2D eigenvalue weighted by Crippen LogP contribution is 2.32. The number of nitrogens with zero attached hydrogens (tertiary/aromatic N) is 3. The number of hydrogen-bond donors (Lipinski definition) is 1. The minimum Gasteiger partial charge on any atom is -0.469 e. The van der Waals surface area contributed by atoms with Crippen LogP contribution in [0.5, 0.6) is 0 Å². The number of rotatable bonds is 4. The monoisotopic (exact) mass is 297 g/mol. The SMILES string of the molecule is CC(C)=CC(C(O)c1ccoc1C)n1nnc2ccccc21. The Morgan fingerprint density at radius 3 is 2.73 bits per heavy atom. The van der Waals surface area contributed by atoms with Gasteiger partial charge >= 0.3 is 0 Å². The molecule has 1 N–H and O–H groups in total. The molecule has 2 heterocycles. The molecule has 114 valence electrons. The van der Waals surface area contributed by atoms with Crippen molar-refractivity contribution in [1.29, 1.82) is 0 Å². The van der Waals surface area contributed by atoms with Crippen molar-refractivity contribution in [2.24, 2.45) is 0 Å². The lowest BCUT2D eigenvalue weighted by Gasteiger charge is -2.21. The number of aromatic nitrogens is 3. The molecule has 5 heteroatoms. The van der Waals surface area contributed by atoms with Gasteiger partial charge in [0.2, 0.25) is 0 Å². The van der Waals surface area contributed by atoms with E-state index in [0.29, 0.717) is 5.76 Å². The third-order valence-electron chi connectivity index (χ3n) is 3.70. The van der Waals surface area contributed by atoms with Gasteiger partial charge in [-0.3, -0.25) is 0 Å². The Labute approximate surface area is 128 Å². The van der Waals surface area contributed by atoms with Gasteiger partial charge in [0.15, 0.2) is 0 Å². The summed E-state index contributed by atoms with van der Waals surface area (Å²) in [5.74, 6) is 0.712. The van der Waals surface area contributed by atoms with Crippen LogP contribution in [-0.4, -0.2) is 20.1 Å². The summed E-state index contributed by atoms with van der Waals surface area (Å²) in [7, 11) is 0. The molecule has 2 unspecified atom stereocenters. The zero-order valence-corrected chi connectivity index (χ0v) is 12.9. The van der Waals surface area contributed by atoms with Crippen molar-refractivity contribution in [3.8, 4) is 0 Å². The van der Waals surface area contributed by atoms with E-state index in [1.165, 1.54) is 0 Å².